The van der Waals surface area contributed by atoms with Crippen molar-refractivity contribution >= 4 is 5.52 Å². The molecule has 0 unspecified atom stereocenters. The second-order valence-electron chi connectivity index (χ2n) is 3.84. The van der Waals surface area contributed by atoms with Crippen molar-refractivity contribution in [3.63, 3.8) is 0 Å². The Morgan fingerprint density at radius 3 is 3.18 bits per heavy atom. The third kappa shape index (κ3) is 2.05. The average molecular weight is 227 g/mol. The van der Waals surface area contributed by atoms with Crippen molar-refractivity contribution in [3.8, 4) is 0 Å². The number of nitrogens with one attached hydrogen (secondary N) is 2. The molecule has 0 aliphatic carbocycles. The molecule has 3 aromatic heterocycles. The van der Waals surface area contributed by atoms with Crippen molar-refractivity contribution in [2.24, 2.45) is 0 Å². The lowest BCUT2D eigenvalue weighted by Gasteiger charge is -2.01. The highest BCUT2D eigenvalue weighted by Gasteiger charge is 2.02. The van der Waals surface area contributed by atoms with Crippen molar-refractivity contribution in [2.45, 2.75) is 13.1 Å². The fourth-order valence-corrected chi connectivity index (χ4v) is 1.83. The lowest BCUT2D eigenvalue weighted by molar-refractivity contribution is 0.671. The normalized spacial score (nSPS) is 11.1. The van der Waals surface area contributed by atoms with Crippen LogP contribution < -0.4 is 5.32 Å². The van der Waals surface area contributed by atoms with Crippen molar-refractivity contribution in [3.05, 3.63) is 54.4 Å². The maximum Gasteiger partial charge on any atom is 0.120 e. The third-order valence-electron chi connectivity index (χ3n) is 2.67. The molecule has 3 aromatic rings. The van der Waals surface area contributed by atoms with Gasteiger partial charge in [0, 0.05) is 30.7 Å². The smallest absolute Gasteiger partial charge is 0.120 e. The summed E-state index contributed by atoms with van der Waals surface area (Å²) in [6.07, 6.45) is 7.43. The van der Waals surface area contributed by atoms with E-state index in [0.29, 0.717) is 0 Å². The molecule has 0 saturated heterocycles. The van der Waals surface area contributed by atoms with Gasteiger partial charge in [-0.2, -0.15) is 5.10 Å². The van der Waals surface area contributed by atoms with E-state index in [1.54, 1.807) is 6.20 Å². The maximum atomic E-state index is 4.29. The zero-order chi connectivity index (χ0) is 11.5. The molecule has 0 aliphatic heterocycles. The molecule has 0 spiro atoms. The van der Waals surface area contributed by atoms with E-state index in [4.69, 9.17) is 0 Å². The van der Waals surface area contributed by atoms with Crippen LogP contribution in [0.1, 0.15) is 11.4 Å². The Labute approximate surface area is 98.5 Å². The predicted molar refractivity (Wildman–Crippen MR) is 64.3 cm³/mol. The van der Waals surface area contributed by atoms with Gasteiger partial charge in [-0.3, -0.25) is 0 Å². The number of fused-ring (bicyclic) bond motifs is 1. The van der Waals surface area contributed by atoms with E-state index >= 15 is 0 Å². The molecule has 3 heterocycles. The molecule has 17 heavy (non-hydrogen) atoms. The summed E-state index contributed by atoms with van der Waals surface area (Å²) in [4.78, 5) is 7.22. The number of aromatic nitrogens is 4. The van der Waals surface area contributed by atoms with E-state index in [9.17, 15) is 0 Å². The SMILES string of the molecule is c1ccn2ncc(CNCc3ncc[nH]3)c2c1. The molecule has 5 nitrogen and oxygen atoms in total. The van der Waals surface area contributed by atoms with Gasteiger partial charge >= 0.3 is 0 Å². The number of imidazole rings is 1. The van der Waals surface area contributed by atoms with E-state index in [1.165, 1.54) is 5.56 Å². The highest BCUT2D eigenvalue weighted by molar-refractivity contribution is 5.53. The summed E-state index contributed by atoms with van der Waals surface area (Å²) in [5.41, 5.74) is 2.33. The van der Waals surface area contributed by atoms with Gasteiger partial charge in [-0.25, -0.2) is 9.50 Å². The van der Waals surface area contributed by atoms with Gasteiger partial charge in [-0.1, -0.05) is 6.07 Å². The van der Waals surface area contributed by atoms with Crippen molar-refractivity contribution in [2.75, 3.05) is 0 Å². The molecule has 0 aliphatic rings. The number of rotatable bonds is 4. The van der Waals surface area contributed by atoms with E-state index < -0.39 is 0 Å². The van der Waals surface area contributed by atoms with Crippen LogP contribution in [0.3, 0.4) is 0 Å². The average Bonchev–Trinajstić information content (AvgIpc) is 2.99. The summed E-state index contributed by atoms with van der Waals surface area (Å²) < 4.78 is 1.88. The molecule has 86 valence electrons. The predicted octanol–water partition coefficient (Wildman–Crippen LogP) is 1.35. The van der Waals surface area contributed by atoms with Crippen LogP contribution in [0.4, 0.5) is 0 Å². The largest absolute Gasteiger partial charge is 0.348 e. The number of nitrogens with zero attached hydrogens (tertiary/aromatic N) is 3. The maximum absolute atomic E-state index is 4.29. The van der Waals surface area contributed by atoms with Crippen LogP contribution in [0.15, 0.2) is 43.0 Å². The molecule has 5 heteroatoms. The molecule has 0 saturated carbocycles. The van der Waals surface area contributed by atoms with E-state index in [-0.39, 0.29) is 0 Å². The number of aromatic amines is 1. The molecule has 0 aromatic carbocycles. The molecule has 0 amide bonds. The molecule has 0 bridgehead atoms. The first-order valence-electron chi connectivity index (χ1n) is 5.54. The van der Waals surface area contributed by atoms with Crippen LogP contribution in [0.2, 0.25) is 0 Å². The summed E-state index contributed by atoms with van der Waals surface area (Å²) in [5, 5.41) is 7.62. The molecule has 0 atom stereocenters. The minimum Gasteiger partial charge on any atom is -0.348 e. The Kier molecular flexibility index (Phi) is 2.59. The van der Waals surface area contributed by atoms with Gasteiger partial charge in [0.15, 0.2) is 0 Å². The van der Waals surface area contributed by atoms with Gasteiger partial charge in [-0.05, 0) is 12.1 Å². The Morgan fingerprint density at radius 2 is 2.29 bits per heavy atom. The Morgan fingerprint density at radius 1 is 1.29 bits per heavy atom. The van der Waals surface area contributed by atoms with Crippen LogP contribution in [0, 0.1) is 0 Å². The topological polar surface area (TPSA) is 58.0 Å². The van der Waals surface area contributed by atoms with Crippen molar-refractivity contribution in [1.82, 2.24) is 24.9 Å². The Balaban J connectivity index is 1.69. The van der Waals surface area contributed by atoms with Gasteiger partial charge in [-0.15, -0.1) is 0 Å². The molecular formula is C12H13N5. The molecule has 0 radical (unpaired) electrons. The second kappa shape index (κ2) is 4.39. The lowest BCUT2D eigenvalue weighted by Crippen LogP contribution is -2.13. The van der Waals surface area contributed by atoms with Gasteiger partial charge in [0.2, 0.25) is 0 Å². The Hall–Kier alpha value is -2.14. The second-order valence-corrected chi connectivity index (χ2v) is 3.84. The number of hydrogen-bond donors (Lipinski definition) is 2. The molecular weight excluding hydrogens is 214 g/mol. The first-order chi connectivity index (χ1) is 8.43. The van der Waals surface area contributed by atoms with Crippen LogP contribution in [-0.4, -0.2) is 19.6 Å². The van der Waals surface area contributed by atoms with Crippen LogP contribution >= 0.6 is 0 Å². The summed E-state index contributed by atoms with van der Waals surface area (Å²) in [7, 11) is 0. The van der Waals surface area contributed by atoms with Crippen LogP contribution in [0.5, 0.6) is 0 Å². The fraction of sp³-hybridized carbons (Fsp3) is 0.167. The van der Waals surface area contributed by atoms with E-state index in [2.05, 4.69) is 26.4 Å². The molecule has 3 rings (SSSR count). The zero-order valence-electron chi connectivity index (χ0n) is 9.30. The molecule has 0 fully saturated rings. The van der Waals surface area contributed by atoms with Gasteiger partial charge in [0.1, 0.15) is 5.82 Å². The minimum absolute atomic E-state index is 0.733. The number of hydrogen-bond acceptors (Lipinski definition) is 3. The van der Waals surface area contributed by atoms with E-state index in [1.807, 2.05) is 35.2 Å². The van der Waals surface area contributed by atoms with Crippen molar-refractivity contribution in [1.29, 1.82) is 0 Å². The van der Waals surface area contributed by atoms with Crippen molar-refractivity contribution < 1.29 is 0 Å². The third-order valence-corrected chi connectivity index (χ3v) is 2.67. The highest BCUT2D eigenvalue weighted by atomic mass is 15.2. The van der Waals surface area contributed by atoms with Gasteiger partial charge < -0.3 is 10.3 Å². The van der Waals surface area contributed by atoms with Gasteiger partial charge in [0.05, 0.1) is 18.3 Å². The summed E-state index contributed by atoms with van der Waals surface area (Å²) in [6.45, 7) is 1.52. The summed E-state index contributed by atoms with van der Waals surface area (Å²) >= 11 is 0. The standard InChI is InChI=1S/C12H13N5/c1-2-6-17-11(3-1)10(8-16-17)7-13-9-12-14-4-5-15-12/h1-6,8,13H,7,9H2,(H,14,15). The van der Waals surface area contributed by atoms with E-state index in [0.717, 1.165) is 24.4 Å². The first-order valence-corrected chi connectivity index (χ1v) is 5.54. The quantitative estimate of drug-likeness (QED) is 0.707. The van der Waals surface area contributed by atoms with Crippen LogP contribution in [0.25, 0.3) is 5.52 Å². The monoisotopic (exact) mass is 227 g/mol. The first kappa shape index (κ1) is 10.0. The fourth-order valence-electron chi connectivity index (χ4n) is 1.83. The molecule has 2 N–H and O–H groups in total. The lowest BCUT2D eigenvalue weighted by atomic mass is 10.2. The minimum atomic E-state index is 0.733. The highest BCUT2D eigenvalue weighted by Crippen LogP contribution is 2.09. The summed E-state index contributed by atoms with van der Waals surface area (Å²) in [6, 6.07) is 6.06. The van der Waals surface area contributed by atoms with Crippen LogP contribution in [-0.2, 0) is 13.1 Å². The number of pyridine rings is 1. The Bertz CT molecular complexity index is 596. The zero-order valence-corrected chi connectivity index (χ0v) is 9.30. The number of H-pyrrole nitrogens is 1. The van der Waals surface area contributed by atoms with Gasteiger partial charge in [0.25, 0.3) is 0 Å². The summed E-state index contributed by atoms with van der Waals surface area (Å²) in [5.74, 6) is 0.946.